The van der Waals surface area contributed by atoms with Crippen LogP contribution in [-0.2, 0) is 0 Å². The Morgan fingerprint density at radius 2 is 2.10 bits per heavy atom. The molecule has 0 radical (unpaired) electrons. The molecule has 4 nitrogen and oxygen atoms in total. The van der Waals surface area contributed by atoms with E-state index in [9.17, 15) is 9.90 Å². The molecular weight excluding hydrogens is 296 g/mol. The third-order valence-corrected chi connectivity index (χ3v) is 4.58. The van der Waals surface area contributed by atoms with E-state index in [1.54, 1.807) is 24.3 Å². The normalized spacial score (nSPS) is 12.2. The summed E-state index contributed by atoms with van der Waals surface area (Å²) in [4.78, 5) is 12.4. The van der Waals surface area contributed by atoms with Gasteiger partial charge < -0.3 is 16.2 Å². The molecule has 0 aliphatic carbocycles. The summed E-state index contributed by atoms with van der Waals surface area (Å²) >= 11 is 7.32. The van der Waals surface area contributed by atoms with Crippen LogP contribution in [0.1, 0.15) is 26.9 Å². The number of amides is 1. The molecule has 0 saturated carbocycles. The van der Waals surface area contributed by atoms with Crippen LogP contribution < -0.4 is 11.1 Å². The molecule has 1 heterocycles. The molecule has 1 unspecified atom stereocenters. The van der Waals surface area contributed by atoms with Crippen LogP contribution in [0.25, 0.3) is 0 Å². The number of carbonyl (C=O) groups excluding carboxylic acids is 1. The minimum Gasteiger partial charge on any atom is -0.399 e. The van der Waals surface area contributed by atoms with Crippen LogP contribution in [0.15, 0.2) is 29.6 Å². The first-order valence-corrected chi connectivity index (χ1v) is 7.30. The van der Waals surface area contributed by atoms with Gasteiger partial charge >= 0.3 is 0 Å². The molecule has 20 heavy (non-hydrogen) atoms. The van der Waals surface area contributed by atoms with E-state index in [4.69, 9.17) is 17.3 Å². The maximum Gasteiger partial charge on any atom is 0.262 e. The number of nitrogen functional groups attached to an aromatic ring is 1. The smallest absolute Gasteiger partial charge is 0.262 e. The van der Waals surface area contributed by atoms with Crippen LogP contribution in [-0.4, -0.2) is 17.6 Å². The number of aliphatic hydroxyl groups excluding tert-OH is 1. The number of aryl methyl sites for hydroxylation is 1. The first kappa shape index (κ1) is 14.8. The first-order valence-electron chi connectivity index (χ1n) is 6.04. The van der Waals surface area contributed by atoms with E-state index < -0.39 is 6.10 Å². The van der Waals surface area contributed by atoms with E-state index in [0.717, 1.165) is 5.56 Å². The van der Waals surface area contributed by atoms with Crippen LogP contribution in [0.5, 0.6) is 0 Å². The number of rotatable bonds is 4. The monoisotopic (exact) mass is 310 g/mol. The second kappa shape index (κ2) is 6.26. The lowest BCUT2D eigenvalue weighted by Crippen LogP contribution is -2.28. The highest BCUT2D eigenvalue weighted by Crippen LogP contribution is 2.27. The van der Waals surface area contributed by atoms with Gasteiger partial charge in [0.1, 0.15) is 4.88 Å². The van der Waals surface area contributed by atoms with Crippen molar-refractivity contribution in [1.82, 2.24) is 5.32 Å². The molecule has 106 valence electrons. The van der Waals surface area contributed by atoms with Crippen LogP contribution in [0.2, 0.25) is 5.02 Å². The highest BCUT2D eigenvalue weighted by Gasteiger charge is 2.16. The predicted molar refractivity (Wildman–Crippen MR) is 82.2 cm³/mol. The lowest BCUT2D eigenvalue weighted by Gasteiger charge is -2.12. The van der Waals surface area contributed by atoms with Crippen molar-refractivity contribution in [2.45, 2.75) is 13.0 Å². The molecule has 6 heteroatoms. The van der Waals surface area contributed by atoms with Crippen molar-refractivity contribution in [2.75, 3.05) is 12.3 Å². The average molecular weight is 311 g/mol. The summed E-state index contributed by atoms with van der Waals surface area (Å²) in [5.41, 5.74) is 7.79. The van der Waals surface area contributed by atoms with Crippen LogP contribution in [0, 0.1) is 6.92 Å². The Hall–Kier alpha value is -1.56. The second-order valence-electron chi connectivity index (χ2n) is 4.45. The minimum atomic E-state index is -0.778. The molecule has 2 aromatic rings. The van der Waals surface area contributed by atoms with Gasteiger partial charge in [0.2, 0.25) is 0 Å². The minimum absolute atomic E-state index is 0.121. The van der Waals surface area contributed by atoms with Crippen LogP contribution in [0.4, 0.5) is 5.69 Å². The van der Waals surface area contributed by atoms with E-state index >= 15 is 0 Å². The van der Waals surface area contributed by atoms with Crippen molar-refractivity contribution in [3.63, 3.8) is 0 Å². The summed E-state index contributed by atoms with van der Waals surface area (Å²) in [6.07, 6.45) is -0.778. The quantitative estimate of drug-likeness (QED) is 0.760. The lowest BCUT2D eigenvalue weighted by molar-refractivity contribution is 0.0920. The predicted octanol–water partition coefficient (Wildman–Crippen LogP) is 2.76. The second-order valence-corrected chi connectivity index (χ2v) is 5.71. The number of aliphatic hydroxyl groups is 1. The summed E-state index contributed by atoms with van der Waals surface area (Å²) in [5, 5.41) is 15.0. The zero-order valence-corrected chi connectivity index (χ0v) is 12.5. The van der Waals surface area contributed by atoms with Gasteiger partial charge in [-0.05, 0) is 35.6 Å². The maximum absolute atomic E-state index is 12.0. The van der Waals surface area contributed by atoms with Crippen molar-refractivity contribution >= 4 is 34.5 Å². The molecular formula is C14H15ClN2O2S. The fourth-order valence-electron chi connectivity index (χ4n) is 1.69. The van der Waals surface area contributed by atoms with Crippen molar-refractivity contribution in [1.29, 1.82) is 0 Å². The van der Waals surface area contributed by atoms with Crippen molar-refractivity contribution in [3.05, 3.63) is 50.7 Å². The van der Waals surface area contributed by atoms with E-state index in [-0.39, 0.29) is 12.5 Å². The molecule has 2 rings (SSSR count). The standard InChI is InChI=1S/C14H15ClN2O2S/c1-8-7-20-13(12(8)15)14(19)17-6-11(18)9-2-4-10(16)5-3-9/h2-5,7,11,18H,6,16H2,1H3,(H,17,19). The number of anilines is 1. The van der Waals surface area contributed by atoms with Gasteiger partial charge in [0.25, 0.3) is 5.91 Å². The zero-order chi connectivity index (χ0) is 14.7. The van der Waals surface area contributed by atoms with Crippen molar-refractivity contribution < 1.29 is 9.90 Å². The van der Waals surface area contributed by atoms with Crippen LogP contribution in [0.3, 0.4) is 0 Å². The van der Waals surface area contributed by atoms with E-state index in [1.807, 2.05) is 12.3 Å². The summed E-state index contributed by atoms with van der Waals surface area (Å²) in [6.45, 7) is 1.97. The molecule has 0 aliphatic rings. The number of benzene rings is 1. The van der Waals surface area contributed by atoms with Gasteiger partial charge in [0.05, 0.1) is 11.1 Å². The summed E-state index contributed by atoms with van der Waals surface area (Å²) in [6, 6.07) is 6.88. The molecule has 0 saturated heterocycles. The number of nitrogens with two attached hydrogens (primary N) is 1. The Kier molecular flexibility index (Phi) is 4.65. The average Bonchev–Trinajstić information content (AvgIpc) is 2.77. The molecule has 0 spiro atoms. The zero-order valence-electron chi connectivity index (χ0n) is 10.9. The van der Waals surface area contributed by atoms with Gasteiger partial charge in [0, 0.05) is 12.2 Å². The summed E-state index contributed by atoms with van der Waals surface area (Å²) < 4.78 is 0. The Morgan fingerprint density at radius 1 is 1.45 bits per heavy atom. The highest BCUT2D eigenvalue weighted by atomic mass is 35.5. The van der Waals surface area contributed by atoms with E-state index in [0.29, 0.717) is 21.2 Å². The highest BCUT2D eigenvalue weighted by molar-refractivity contribution is 7.13. The molecule has 1 amide bonds. The topological polar surface area (TPSA) is 75.3 Å². The molecule has 1 aromatic carbocycles. The maximum atomic E-state index is 12.0. The van der Waals surface area contributed by atoms with Gasteiger partial charge in [-0.2, -0.15) is 0 Å². The Morgan fingerprint density at radius 3 is 2.65 bits per heavy atom. The third-order valence-electron chi connectivity index (χ3n) is 2.88. The first-order chi connectivity index (χ1) is 9.49. The number of carbonyl (C=O) groups is 1. The van der Waals surface area contributed by atoms with Gasteiger partial charge in [-0.3, -0.25) is 4.79 Å². The van der Waals surface area contributed by atoms with E-state index in [2.05, 4.69) is 5.32 Å². The van der Waals surface area contributed by atoms with Gasteiger partial charge in [-0.1, -0.05) is 23.7 Å². The molecule has 1 atom stereocenters. The Balaban J connectivity index is 1.96. The number of halogens is 1. The van der Waals surface area contributed by atoms with Crippen molar-refractivity contribution in [2.24, 2.45) is 0 Å². The largest absolute Gasteiger partial charge is 0.399 e. The van der Waals surface area contributed by atoms with Gasteiger partial charge in [-0.15, -0.1) is 11.3 Å². The molecule has 0 aliphatic heterocycles. The summed E-state index contributed by atoms with van der Waals surface area (Å²) in [5.74, 6) is -0.275. The molecule has 1 aromatic heterocycles. The Labute approximate surface area is 126 Å². The van der Waals surface area contributed by atoms with E-state index in [1.165, 1.54) is 11.3 Å². The lowest BCUT2D eigenvalue weighted by atomic mass is 10.1. The number of thiophene rings is 1. The third kappa shape index (κ3) is 3.30. The molecule has 4 N–H and O–H groups in total. The number of nitrogens with one attached hydrogen (secondary N) is 1. The van der Waals surface area contributed by atoms with Gasteiger partial charge in [0.15, 0.2) is 0 Å². The Bertz CT molecular complexity index is 610. The number of hydrogen-bond donors (Lipinski definition) is 3. The van der Waals surface area contributed by atoms with Gasteiger partial charge in [-0.25, -0.2) is 0 Å². The number of hydrogen-bond acceptors (Lipinski definition) is 4. The molecule has 0 fully saturated rings. The van der Waals surface area contributed by atoms with Crippen LogP contribution >= 0.6 is 22.9 Å². The fourth-order valence-corrected chi connectivity index (χ4v) is 2.88. The summed E-state index contributed by atoms with van der Waals surface area (Å²) in [7, 11) is 0. The fraction of sp³-hybridized carbons (Fsp3) is 0.214. The van der Waals surface area contributed by atoms with Crippen molar-refractivity contribution in [3.8, 4) is 0 Å². The molecule has 0 bridgehead atoms. The SMILES string of the molecule is Cc1csc(C(=O)NCC(O)c2ccc(N)cc2)c1Cl.